The predicted molar refractivity (Wildman–Crippen MR) is 72.3 cm³/mol. The molecule has 6 heteroatoms. The van der Waals surface area contributed by atoms with E-state index in [9.17, 15) is 8.42 Å². The molecule has 1 rings (SSSR count). The van der Waals surface area contributed by atoms with Crippen LogP contribution in [0.1, 0.15) is 24.8 Å². The molecule has 0 heterocycles. The Balaban J connectivity index is 2.66. The van der Waals surface area contributed by atoms with E-state index >= 15 is 0 Å². The van der Waals surface area contributed by atoms with Gasteiger partial charge in [0, 0.05) is 18.2 Å². The van der Waals surface area contributed by atoms with Gasteiger partial charge in [0.1, 0.15) is 0 Å². The lowest BCUT2D eigenvalue weighted by molar-refractivity contribution is 0.283. The molecule has 2 N–H and O–H groups in total. The van der Waals surface area contributed by atoms with E-state index in [4.69, 9.17) is 16.7 Å². The summed E-state index contributed by atoms with van der Waals surface area (Å²) in [4.78, 5) is 0.220. The molecule has 102 valence electrons. The van der Waals surface area contributed by atoms with E-state index in [2.05, 4.69) is 4.72 Å². The Labute approximate surface area is 113 Å². The molecule has 0 saturated heterocycles. The van der Waals surface area contributed by atoms with Crippen molar-refractivity contribution in [1.29, 1.82) is 0 Å². The Hall–Kier alpha value is -0.620. The van der Waals surface area contributed by atoms with Crippen LogP contribution in [0.15, 0.2) is 23.1 Å². The number of aryl methyl sites for hydroxylation is 1. The molecule has 0 aliphatic rings. The lowest BCUT2D eigenvalue weighted by Crippen LogP contribution is -2.25. The summed E-state index contributed by atoms with van der Waals surface area (Å²) < 4.78 is 26.6. The van der Waals surface area contributed by atoms with Gasteiger partial charge < -0.3 is 5.11 Å². The summed E-state index contributed by atoms with van der Waals surface area (Å²) in [5.41, 5.74) is 0.669. The number of aliphatic hydroxyl groups excluding tert-OH is 1. The molecular formula is C12H18ClNO3S. The van der Waals surface area contributed by atoms with Crippen molar-refractivity contribution in [2.24, 2.45) is 0 Å². The Bertz CT molecular complexity index is 488. The van der Waals surface area contributed by atoms with Crippen LogP contribution in [0.2, 0.25) is 5.02 Å². The lowest BCUT2D eigenvalue weighted by Gasteiger charge is -2.09. The fraction of sp³-hybridized carbons (Fsp3) is 0.500. The van der Waals surface area contributed by atoms with Gasteiger partial charge in [0.15, 0.2) is 0 Å². The Morgan fingerprint density at radius 1 is 1.28 bits per heavy atom. The molecule has 0 bridgehead atoms. The zero-order valence-electron chi connectivity index (χ0n) is 10.3. The van der Waals surface area contributed by atoms with Gasteiger partial charge in [-0.15, -0.1) is 0 Å². The molecule has 1 aromatic rings. The molecule has 0 radical (unpaired) electrons. The van der Waals surface area contributed by atoms with Crippen molar-refractivity contribution < 1.29 is 13.5 Å². The van der Waals surface area contributed by atoms with Crippen molar-refractivity contribution in [2.45, 2.75) is 31.1 Å². The number of hydrogen-bond acceptors (Lipinski definition) is 3. The Morgan fingerprint density at radius 2 is 2.00 bits per heavy atom. The SMILES string of the molecule is Cc1ccc(Cl)cc1S(=O)(=O)NCCCCCO. The topological polar surface area (TPSA) is 66.4 Å². The van der Waals surface area contributed by atoms with Crippen molar-refractivity contribution >= 4 is 21.6 Å². The van der Waals surface area contributed by atoms with Gasteiger partial charge in [-0.3, -0.25) is 0 Å². The first-order chi connectivity index (χ1) is 8.47. The van der Waals surface area contributed by atoms with Crippen molar-refractivity contribution in [3.63, 3.8) is 0 Å². The fourth-order valence-corrected chi connectivity index (χ4v) is 3.14. The highest BCUT2D eigenvalue weighted by atomic mass is 35.5. The maximum Gasteiger partial charge on any atom is 0.240 e. The number of nitrogens with one attached hydrogen (secondary N) is 1. The van der Waals surface area contributed by atoms with Crippen LogP contribution >= 0.6 is 11.6 Å². The highest BCUT2D eigenvalue weighted by Crippen LogP contribution is 2.19. The monoisotopic (exact) mass is 291 g/mol. The largest absolute Gasteiger partial charge is 0.396 e. The van der Waals surface area contributed by atoms with Crippen LogP contribution in [-0.4, -0.2) is 26.7 Å². The zero-order chi connectivity index (χ0) is 13.6. The quantitative estimate of drug-likeness (QED) is 0.756. The summed E-state index contributed by atoms with van der Waals surface area (Å²) in [6, 6.07) is 4.80. The summed E-state index contributed by atoms with van der Waals surface area (Å²) in [6.45, 7) is 2.24. The van der Waals surface area contributed by atoms with Gasteiger partial charge in [-0.05, 0) is 43.9 Å². The molecular weight excluding hydrogens is 274 g/mol. The fourth-order valence-electron chi connectivity index (χ4n) is 1.56. The highest BCUT2D eigenvalue weighted by molar-refractivity contribution is 7.89. The molecule has 0 aliphatic heterocycles. The first-order valence-electron chi connectivity index (χ1n) is 5.84. The van der Waals surface area contributed by atoms with Crippen molar-refractivity contribution in [2.75, 3.05) is 13.2 Å². The van der Waals surface area contributed by atoms with Crippen LogP contribution in [0.25, 0.3) is 0 Å². The minimum absolute atomic E-state index is 0.139. The molecule has 0 amide bonds. The summed E-state index contributed by atoms with van der Waals surface area (Å²) in [5.74, 6) is 0. The van der Waals surface area contributed by atoms with Crippen molar-refractivity contribution in [3.8, 4) is 0 Å². The first kappa shape index (κ1) is 15.4. The molecule has 18 heavy (non-hydrogen) atoms. The van der Waals surface area contributed by atoms with Crippen molar-refractivity contribution in [1.82, 2.24) is 4.72 Å². The molecule has 0 unspecified atom stereocenters. The maximum absolute atomic E-state index is 12.0. The third kappa shape index (κ3) is 4.57. The Kier molecular flexibility index (Phi) is 6.08. The minimum Gasteiger partial charge on any atom is -0.396 e. The van der Waals surface area contributed by atoms with Crippen LogP contribution in [-0.2, 0) is 10.0 Å². The van der Waals surface area contributed by atoms with E-state index in [0.717, 1.165) is 6.42 Å². The second-order valence-corrected chi connectivity index (χ2v) is 6.26. The minimum atomic E-state index is -3.50. The van der Waals surface area contributed by atoms with Crippen LogP contribution in [0.4, 0.5) is 0 Å². The smallest absolute Gasteiger partial charge is 0.240 e. The summed E-state index contributed by atoms with van der Waals surface area (Å²) >= 11 is 5.81. The number of halogens is 1. The molecule has 0 saturated carbocycles. The van der Waals surface area contributed by atoms with Gasteiger partial charge in [0.25, 0.3) is 0 Å². The van der Waals surface area contributed by atoms with E-state index in [1.165, 1.54) is 6.07 Å². The first-order valence-corrected chi connectivity index (χ1v) is 7.70. The van der Waals surface area contributed by atoms with Crippen LogP contribution < -0.4 is 4.72 Å². The Morgan fingerprint density at radius 3 is 2.67 bits per heavy atom. The molecule has 4 nitrogen and oxygen atoms in total. The highest BCUT2D eigenvalue weighted by Gasteiger charge is 2.16. The van der Waals surface area contributed by atoms with Gasteiger partial charge in [-0.1, -0.05) is 17.7 Å². The third-order valence-electron chi connectivity index (χ3n) is 2.57. The molecule has 0 atom stereocenters. The van der Waals surface area contributed by atoms with Crippen LogP contribution in [0, 0.1) is 6.92 Å². The number of rotatable bonds is 7. The predicted octanol–water partition coefficient (Wildman–Crippen LogP) is 2.09. The van der Waals surface area contributed by atoms with Crippen LogP contribution in [0.5, 0.6) is 0 Å². The molecule has 1 aromatic carbocycles. The van der Waals surface area contributed by atoms with Gasteiger partial charge in [0.2, 0.25) is 10.0 Å². The molecule has 0 spiro atoms. The van der Waals surface area contributed by atoms with Gasteiger partial charge in [0.05, 0.1) is 4.90 Å². The third-order valence-corrected chi connectivity index (χ3v) is 4.40. The number of hydrogen-bond donors (Lipinski definition) is 2. The number of sulfonamides is 1. The van der Waals surface area contributed by atoms with E-state index in [1.54, 1.807) is 19.1 Å². The zero-order valence-corrected chi connectivity index (χ0v) is 11.9. The average molecular weight is 292 g/mol. The normalized spacial score (nSPS) is 11.7. The van der Waals surface area contributed by atoms with E-state index < -0.39 is 10.0 Å². The van der Waals surface area contributed by atoms with E-state index in [1.807, 2.05) is 0 Å². The van der Waals surface area contributed by atoms with E-state index in [-0.39, 0.29) is 11.5 Å². The molecule has 0 fully saturated rings. The summed E-state index contributed by atoms with van der Waals surface area (Å²) in [6.07, 6.45) is 2.20. The van der Waals surface area contributed by atoms with Crippen LogP contribution in [0.3, 0.4) is 0 Å². The van der Waals surface area contributed by atoms with E-state index in [0.29, 0.717) is 30.0 Å². The molecule has 0 aliphatic carbocycles. The maximum atomic E-state index is 12.0. The standard InChI is InChI=1S/C12H18ClNO3S/c1-10-5-6-11(13)9-12(10)18(16,17)14-7-3-2-4-8-15/h5-6,9,14-15H,2-4,7-8H2,1H3. The summed E-state index contributed by atoms with van der Waals surface area (Å²) in [5, 5.41) is 9.02. The summed E-state index contributed by atoms with van der Waals surface area (Å²) in [7, 11) is -3.50. The lowest BCUT2D eigenvalue weighted by atomic mass is 10.2. The van der Waals surface area contributed by atoms with Gasteiger partial charge in [-0.25, -0.2) is 13.1 Å². The second kappa shape index (κ2) is 7.09. The second-order valence-electron chi connectivity index (χ2n) is 4.09. The molecule has 0 aromatic heterocycles. The number of benzene rings is 1. The van der Waals surface area contributed by atoms with Crippen molar-refractivity contribution in [3.05, 3.63) is 28.8 Å². The average Bonchev–Trinajstić information content (AvgIpc) is 2.32. The number of unbranched alkanes of at least 4 members (excludes halogenated alkanes) is 2. The number of aliphatic hydroxyl groups is 1. The van der Waals surface area contributed by atoms with Gasteiger partial charge in [-0.2, -0.15) is 0 Å². The van der Waals surface area contributed by atoms with Gasteiger partial charge >= 0.3 is 0 Å².